The van der Waals surface area contributed by atoms with Gasteiger partial charge in [-0.05, 0) is 47.8 Å². The van der Waals surface area contributed by atoms with Crippen molar-refractivity contribution in [2.45, 2.75) is 18.9 Å². The van der Waals surface area contributed by atoms with Crippen LogP contribution in [-0.4, -0.2) is 11.7 Å². The highest BCUT2D eigenvalue weighted by molar-refractivity contribution is 7.07. The van der Waals surface area contributed by atoms with Gasteiger partial charge in [-0.3, -0.25) is 9.36 Å². The highest BCUT2D eigenvalue weighted by atomic mass is 35.5. The van der Waals surface area contributed by atoms with Crippen molar-refractivity contribution in [3.05, 3.63) is 125 Å². The Morgan fingerprint density at radius 1 is 1.03 bits per heavy atom. The number of fused-ring (bicyclic) bond motifs is 3. The lowest BCUT2D eigenvalue weighted by Gasteiger charge is -2.31. The predicted octanol–water partition coefficient (Wildman–Crippen LogP) is 4.98. The summed E-state index contributed by atoms with van der Waals surface area (Å²) < 4.78 is 7.94. The maximum Gasteiger partial charge on any atom is 0.271 e. The molecule has 0 saturated carbocycles. The van der Waals surface area contributed by atoms with E-state index in [0.29, 0.717) is 14.4 Å². The molecule has 4 aromatic rings. The zero-order valence-electron chi connectivity index (χ0n) is 18.5. The summed E-state index contributed by atoms with van der Waals surface area (Å²) in [6.07, 6.45) is 3.64. The number of rotatable bonds is 3. The largest absolute Gasteiger partial charge is 0.496 e. The van der Waals surface area contributed by atoms with Gasteiger partial charge in [0, 0.05) is 16.1 Å². The molecule has 0 bridgehead atoms. The molecule has 2 aliphatic rings. The lowest BCUT2D eigenvalue weighted by Crippen LogP contribution is -2.38. The van der Waals surface area contributed by atoms with Gasteiger partial charge in [-0.2, -0.15) is 0 Å². The van der Waals surface area contributed by atoms with E-state index >= 15 is 0 Å². The molecule has 1 unspecified atom stereocenters. The second kappa shape index (κ2) is 8.42. The molecular weight excluding hydrogens is 464 g/mol. The smallest absolute Gasteiger partial charge is 0.271 e. The highest BCUT2D eigenvalue weighted by Gasteiger charge is 2.33. The van der Waals surface area contributed by atoms with E-state index in [-0.39, 0.29) is 11.6 Å². The number of allylic oxidation sites excluding steroid dienone is 1. The van der Waals surface area contributed by atoms with Crippen LogP contribution in [0, 0.1) is 0 Å². The summed E-state index contributed by atoms with van der Waals surface area (Å²) >= 11 is 8.10. The normalized spacial score (nSPS) is 17.0. The number of nitrogens with zero attached hydrogens (tertiary/aromatic N) is 2. The molecule has 1 aliphatic heterocycles. The first-order chi connectivity index (χ1) is 16.7. The average Bonchev–Trinajstić information content (AvgIpc) is 3.18. The number of ether oxygens (including phenoxy) is 1. The molecular formula is C28H21ClN2O2S. The van der Waals surface area contributed by atoms with Gasteiger partial charge >= 0.3 is 0 Å². The maximum absolute atomic E-state index is 13.8. The second-order valence-electron chi connectivity index (χ2n) is 8.38. The number of hydrogen-bond donors (Lipinski definition) is 0. The van der Waals surface area contributed by atoms with Crippen LogP contribution in [0.1, 0.15) is 34.7 Å². The zero-order valence-corrected chi connectivity index (χ0v) is 20.1. The number of aryl methyl sites for hydroxylation is 1. The van der Waals surface area contributed by atoms with Gasteiger partial charge in [0.15, 0.2) is 4.80 Å². The molecule has 0 spiro atoms. The number of aromatic nitrogens is 1. The Labute approximate surface area is 205 Å². The molecule has 0 saturated heterocycles. The topological polar surface area (TPSA) is 43.6 Å². The summed E-state index contributed by atoms with van der Waals surface area (Å²) in [5, 5.41) is 0.652. The van der Waals surface area contributed by atoms with Gasteiger partial charge < -0.3 is 4.74 Å². The minimum atomic E-state index is -0.284. The summed E-state index contributed by atoms with van der Waals surface area (Å²) in [6.45, 7) is 0. The molecule has 6 heteroatoms. The molecule has 1 aliphatic carbocycles. The van der Waals surface area contributed by atoms with Gasteiger partial charge in [-0.25, -0.2) is 4.99 Å². The molecule has 1 atom stereocenters. The van der Waals surface area contributed by atoms with Crippen LogP contribution in [0.3, 0.4) is 0 Å². The van der Waals surface area contributed by atoms with Crippen molar-refractivity contribution >= 4 is 34.7 Å². The van der Waals surface area contributed by atoms with Crippen molar-refractivity contribution in [1.29, 1.82) is 0 Å². The van der Waals surface area contributed by atoms with Crippen LogP contribution in [0.15, 0.2) is 88.2 Å². The number of benzene rings is 3. The molecule has 0 amide bonds. The van der Waals surface area contributed by atoms with Crippen LogP contribution >= 0.6 is 22.9 Å². The van der Waals surface area contributed by atoms with E-state index in [4.69, 9.17) is 21.3 Å². The summed E-state index contributed by atoms with van der Waals surface area (Å²) in [5.41, 5.74) is 6.26. The molecule has 6 rings (SSSR count). The Kier molecular flexibility index (Phi) is 5.24. The van der Waals surface area contributed by atoms with Gasteiger partial charge in [0.1, 0.15) is 5.75 Å². The third-order valence-electron chi connectivity index (χ3n) is 6.50. The SMILES string of the molecule is COc1ccccc1C=c1sc2n(c1=O)C(c1ccccc1Cl)C1=C(N=2)c2ccccc2CC1. The number of methoxy groups -OCH3 is 1. The van der Waals surface area contributed by atoms with Crippen LogP contribution in [-0.2, 0) is 6.42 Å². The Balaban J connectivity index is 1.65. The fourth-order valence-corrected chi connectivity index (χ4v) is 6.15. The number of hydrogen-bond acceptors (Lipinski definition) is 4. The van der Waals surface area contributed by atoms with E-state index in [0.717, 1.165) is 46.6 Å². The maximum atomic E-state index is 13.8. The molecule has 34 heavy (non-hydrogen) atoms. The molecule has 1 aromatic heterocycles. The number of halogens is 1. The number of para-hydroxylation sites is 1. The minimum Gasteiger partial charge on any atom is -0.496 e. The summed E-state index contributed by atoms with van der Waals surface area (Å²) in [7, 11) is 1.64. The molecule has 0 radical (unpaired) electrons. The predicted molar refractivity (Wildman–Crippen MR) is 137 cm³/mol. The third-order valence-corrected chi connectivity index (χ3v) is 7.83. The Morgan fingerprint density at radius 2 is 1.79 bits per heavy atom. The third kappa shape index (κ3) is 3.35. The van der Waals surface area contributed by atoms with E-state index in [1.807, 2.05) is 65.2 Å². The van der Waals surface area contributed by atoms with Crippen LogP contribution in [0.5, 0.6) is 5.75 Å². The van der Waals surface area contributed by atoms with E-state index in [1.54, 1.807) is 7.11 Å². The van der Waals surface area contributed by atoms with Gasteiger partial charge in [-0.15, -0.1) is 0 Å². The standard InChI is InChI=1S/C28H21ClN2O2S/c1-33-23-13-7-3-9-18(23)16-24-27(32)31-26(20-11-5-6-12-22(20)29)21-15-14-17-8-2-4-10-19(17)25(21)30-28(31)34-24/h2-13,16,26H,14-15H2,1H3. The lowest BCUT2D eigenvalue weighted by molar-refractivity contribution is 0.414. The Hall–Kier alpha value is -3.41. The fraction of sp³-hybridized carbons (Fsp3) is 0.143. The van der Waals surface area contributed by atoms with Gasteiger partial charge in [0.05, 0.1) is 23.4 Å². The lowest BCUT2D eigenvalue weighted by atomic mass is 9.83. The molecule has 2 heterocycles. The average molecular weight is 485 g/mol. The second-order valence-corrected chi connectivity index (χ2v) is 9.79. The van der Waals surface area contributed by atoms with Crippen molar-refractivity contribution in [3.8, 4) is 5.75 Å². The van der Waals surface area contributed by atoms with Gasteiger partial charge in [0.2, 0.25) is 0 Å². The van der Waals surface area contributed by atoms with E-state index in [1.165, 1.54) is 16.9 Å². The van der Waals surface area contributed by atoms with Gasteiger partial charge in [0.25, 0.3) is 5.56 Å². The summed E-state index contributed by atoms with van der Waals surface area (Å²) in [5.74, 6) is 0.726. The fourth-order valence-electron chi connectivity index (χ4n) is 4.92. The van der Waals surface area contributed by atoms with E-state index in [9.17, 15) is 4.79 Å². The van der Waals surface area contributed by atoms with Crippen LogP contribution in [0.25, 0.3) is 11.8 Å². The van der Waals surface area contributed by atoms with Crippen molar-refractivity contribution < 1.29 is 4.74 Å². The van der Waals surface area contributed by atoms with Gasteiger partial charge in [-0.1, -0.05) is 83.6 Å². The van der Waals surface area contributed by atoms with Crippen LogP contribution < -0.4 is 19.6 Å². The van der Waals surface area contributed by atoms with Crippen molar-refractivity contribution in [2.75, 3.05) is 7.11 Å². The number of thiazole rings is 1. The minimum absolute atomic E-state index is 0.0648. The highest BCUT2D eigenvalue weighted by Crippen LogP contribution is 2.42. The van der Waals surface area contributed by atoms with Crippen molar-refractivity contribution in [2.24, 2.45) is 4.99 Å². The summed E-state index contributed by atoms with van der Waals surface area (Å²) in [4.78, 5) is 19.5. The quantitative estimate of drug-likeness (QED) is 0.411. The Bertz CT molecular complexity index is 1650. The van der Waals surface area contributed by atoms with E-state index in [2.05, 4.69) is 18.2 Å². The summed E-state index contributed by atoms with van der Waals surface area (Å²) in [6, 6.07) is 23.6. The van der Waals surface area contributed by atoms with Crippen molar-refractivity contribution in [3.63, 3.8) is 0 Å². The molecule has 0 N–H and O–H groups in total. The first-order valence-electron chi connectivity index (χ1n) is 11.2. The molecule has 3 aromatic carbocycles. The molecule has 0 fully saturated rings. The van der Waals surface area contributed by atoms with Crippen molar-refractivity contribution in [1.82, 2.24) is 4.57 Å². The van der Waals surface area contributed by atoms with E-state index < -0.39 is 0 Å². The molecule has 168 valence electrons. The van der Waals surface area contributed by atoms with Crippen LogP contribution in [0.4, 0.5) is 0 Å². The van der Waals surface area contributed by atoms with Crippen LogP contribution in [0.2, 0.25) is 5.02 Å². The Morgan fingerprint density at radius 3 is 2.65 bits per heavy atom. The monoisotopic (exact) mass is 484 g/mol. The zero-order chi connectivity index (χ0) is 23.2. The first-order valence-corrected chi connectivity index (χ1v) is 12.4. The molecule has 4 nitrogen and oxygen atoms in total. The first kappa shape index (κ1) is 21.1.